The van der Waals surface area contributed by atoms with E-state index in [1.807, 2.05) is 14.1 Å². The van der Waals surface area contributed by atoms with Gasteiger partial charge in [0.25, 0.3) is 0 Å². The van der Waals surface area contributed by atoms with E-state index in [2.05, 4.69) is 15.4 Å². The molecule has 6 heteroatoms. The van der Waals surface area contributed by atoms with Crippen LogP contribution in [0.15, 0.2) is 34.9 Å². The van der Waals surface area contributed by atoms with E-state index >= 15 is 0 Å². The van der Waals surface area contributed by atoms with Gasteiger partial charge in [-0.15, -0.1) is 0 Å². The summed E-state index contributed by atoms with van der Waals surface area (Å²) in [6.45, 7) is 1.57. The summed E-state index contributed by atoms with van der Waals surface area (Å²) in [4.78, 5) is 13.9. The summed E-state index contributed by atoms with van der Waals surface area (Å²) in [6.07, 6.45) is 1.07. The van der Waals surface area contributed by atoms with Crippen LogP contribution in [-0.2, 0) is 11.2 Å². The lowest BCUT2D eigenvalue weighted by atomic mass is 10.1. The lowest BCUT2D eigenvalue weighted by molar-refractivity contribution is -0.120. The van der Waals surface area contributed by atoms with Crippen LogP contribution in [0.25, 0.3) is 11.3 Å². The molecule has 1 amide bonds. The number of halogens is 1. The van der Waals surface area contributed by atoms with E-state index in [0.717, 1.165) is 18.5 Å². The minimum atomic E-state index is -0.305. The third kappa shape index (κ3) is 4.96. The Morgan fingerprint density at radius 2 is 2.05 bits per heavy atom. The van der Waals surface area contributed by atoms with Crippen molar-refractivity contribution >= 4 is 5.91 Å². The van der Waals surface area contributed by atoms with Crippen LogP contribution in [0.1, 0.15) is 12.1 Å². The molecule has 0 bridgehead atoms. The quantitative estimate of drug-likeness (QED) is 0.796. The zero-order chi connectivity index (χ0) is 15.9. The lowest BCUT2D eigenvalue weighted by Crippen LogP contribution is -2.28. The summed E-state index contributed by atoms with van der Waals surface area (Å²) < 4.78 is 18.1. The van der Waals surface area contributed by atoms with E-state index in [9.17, 15) is 9.18 Å². The van der Waals surface area contributed by atoms with Crippen LogP contribution < -0.4 is 5.32 Å². The highest BCUT2D eigenvalue weighted by atomic mass is 19.1. The first-order valence-corrected chi connectivity index (χ1v) is 7.17. The predicted octanol–water partition coefficient (Wildman–Crippen LogP) is 2.09. The fourth-order valence-corrected chi connectivity index (χ4v) is 2.00. The lowest BCUT2D eigenvalue weighted by Gasteiger charge is -2.09. The molecule has 2 aromatic rings. The molecule has 0 saturated heterocycles. The van der Waals surface area contributed by atoms with Gasteiger partial charge >= 0.3 is 0 Å². The molecule has 0 unspecified atom stereocenters. The minimum absolute atomic E-state index is 0.0855. The molecule has 1 aromatic carbocycles. The normalized spacial score (nSPS) is 10.9. The second-order valence-electron chi connectivity index (χ2n) is 5.37. The molecule has 22 heavy (non-hydrogen) atoms. The van der Waals surface area contributed by atoms with Crippen LogP contribution in [0.4, 0.5) is 4.39 Å². The van der Waals surface area contributed by atoms with Crippen LogP contribution in [-0.4, -0.2) is 43.1 Å². The highest BCUT2D eigenvalue weighted by Crippen LogP contribution is 2.20. The summed E-state index contributed by atoms with van der Waals surface area (Å²) in [5, 5.41) is 6.72. The van der Waals surface area contributed by atoms with E-state index in [1.165, 1.54) is 12.1 Å². The third-order valence-corrected chi connectivity index (χ3v) is 3.13. The molecule has 1 N–H and O–H groups in total. The van der Waals surface area contributed by atoms with E-state index in [1.54, 1.807) is 18.2 Å². The number of hydrogen-bond donors (Lipinski definition) is 1. The number of aromatic nitrogens is 1. The van der Waals surface area contributed by atoms with Gasteiger partial charge < -0.3 is 14.7 Å². The highest BCUT2D eigenvalue weighted by Gasteiger charge is 2.10. The van der Waals surface area contributed by atoms with E-state index in [0.29, 0.717) is 18.0 Å². The van der Waals surface area contributed by atoms with Crippen molar-refractivity contribution in [3.63, 3.8) is 0 Å². The Balaban J connectivity index is 1.84. The standard InChI is InChI=1S/C16H20FN3O2/c1-20(2)9-3-8-18-16(21)11-14-10-15(22-19-14)12-4-6-13(17)7-5-12/h4-7,10H,3,8-9,11H2,1-2H3,(H,18,21). The van der Waals surface area contributed by atoms with Gasteiger partial charge in [-0.2, -0.15) is 0 Å². The zero-order valence-corrected chi connectivity index (χ0v) is 12.8. The summed E-state index contributed by atoms with van der Waals surface area (Å²) in [6, 6.07) is 7.64. The van der Waals surface area contributed by atoms with Crippen LogP contribution in [0.3, 0.4) is 0 Å². The van der Waals surface area contributed by atoms with Crippen molar-refractivity contribution in [1.29, 1.82) is 0 Å². The number of hydrogen-bond acceptors (Lipinski definition) is 4. The number of nitrogens with zero attached hydrogens (tertiary/aromatic N) is 2. The Bertz CT molecular complexity index is 608. The van der Waals surface area contributed by atoms with Crippen molar-refractivity contribution in [1.82, 2.24) is 15.4 Å². The molecule has 0 atom stereocenters. The van der Waals surface area contributed by atoms with Gasteiger partial charge in [-0.25, -0.2) is 4.39 Å². The first-order chi connectivity index (χ1) is 10.5. The molecule has 1 aromatic heterocycles. The van der Waals surface area contributed by atoms with Crippen molar-refractivity contribution in [3.05, 3.63) is 41.8 Å². The SMILES string of the molecule is CN(C)CCCNC(=O)Cc1cc(-c2ccc(F)cc2)on1. The van der Waals surface area contributed by atoms with Gasteiger partial charge in [-0.1, -0.05) is 5.16 Å². The number of amides is 1. The van der Waals surface area contributed by atoms with Crippen LogP contribution >= 0.6 is 0 Å². The highest BCUT2D eigenvalue weighted by molar-refractivity contribution is 5.78. The van der Waals surface area contributed by atoms with E-state index < -0.39 is 0 Å². The predicted molar refractivity (Wildman–Crippen MR) is 81.8 cm³/mol. The molecule has 5 nitrogen and oxygen atoms in total. The average Bonchev–Trinajstić information content (AvgIpc) is 2.92. The fourth-order valence-electron chi connectivity index (χ4n) is 2.00. The van der Waals surface area contributed by atoms with E-state index in [4.69, 9.17) is 4.52 Å². The number of rotatable bonds is 7. The molecule has 0 aliphatic heterocycles. The molecular weight excluding hydrogens is 285 g/mol. The van der Waals surface area contributed by atoms with Gasteiger partial charge in [-0.05, 0) is 51.3 Å². The average molecular weight is 305 g/mol. The minimum Gasteiger partial charge on any atom is -0.356 e. The number of carbonyl (C=O) groups excluding carboxylic acids is 1. The Morgan fingerprint density at radius 3 is 2.73 bits per heavy atom. The van der Waals surface area contributed by atoms with Gasteiger partial charge in [0, 0.05) is 18.2 Å². The van der Waals surface area contributed by atoms with Crippen molar-refractivity contribution < 1.29 is 13.7 Å². The topological polar surface area (TPSA) is 58.4 Å². The molecule has 0 aliphatic carbocycles. The number of carbonyl (C=O) groups is 1. The van der Waals surface area contributed by atoms with Gasteiger partial charge in [0.1, 0.15) is 5.82 Å². The van der Waals surface area contributed by atoms with Gasteiger partial charge in [0.05, 0.1) is 12.1 Å². The van der Waals surface area contributed by atoms with Crippen molar-refractivity contribution in [3.8, 4) is 11.3 Å². The zero-order valence-electron chi connectivity index (χ0n) is 12.8. The largest absolute Gasteiger partial charge is 0.356 e. The molecule has 0 aliphatic rings. The molecular formula is C16H20FN3O2. The first kappa shape index (κ1) is 16.2. The molecule has 0 fully saturated rings. The van der Waals surface area contributed by atoms with Crippen molar-refractivity contribution in [2.45, 2.75) is 12.8 Å². The Morgan fingerprint density at radius 1 is 1.32 bits per heavy atom. The summed E-state index contributed by atoms with van der Waals surface area (Å²) >= 11 is 0. The summed E-state index contributed by atoms with van der Waals surface area (Å²) in [7, 11) is 3.99. The van der Waals surface area contributed by atoms with Crippen LogP contribution in [0.5, 0.6) is 0 Å². The van der Waals surface area contributed by atoms with Gasteiger partial charge in [0.2, 0.25) is 5.91 Å². The van der Waals surface area contributed by atoms with Crippen molar-refractivity contribution in [2.24, 2.45) is 0 Å². The molecule has 2 rings (SSSR count). The Labute approximate surface area is 129 Å². The molecule has 0 radical (unpaired) electrons. The van der Waals surface area contributed by atoms with Gasteiger partial charge in [0.15, 0.2) is 5.76 Å². The summed E-state index contributed by atoms with van der Waals surface area (Å²) in [5.41, 5.74) is 1.29. The Hall–Kier alpha value is -2.21. The maximum atomic E-state index is 12.9. The fraction of sp³-hybridized carbons (Fsp3) is 0.375. The second-order valence-corrected chi connectivity index (χ2v) is 5.37. The second kappa shape index (κ2) is 7.70. The van der Waals surface area contributed by atoms with E-state index in [-0.39, 0.29) is 18.1 Å². The summed E-state index contributed by atoms with van der Waals surface area (Å²) in [5.74, 6) is 0.133. The molecule has 1 heterocycles. The maximum absolute atomic E-state index is 12.9. The van der Waals surface area contributed by atoms with Gasteiger partial charge in [-0.3, -0.25) is 4.79 Å². The number of benzene rings is 1. The monoisotopic (exact) mass is 305 g/mol. The van der Waals surface area contributed by atoms with Crippen molar-refractivity contribution in [2.75, 3.05) is 27.2 Å². The first-order valence-electron chi connectivity index (χ1n) is 7.17. The van der Waals surface area contributed by atoms with Crippen LogP contribution in [0.2, 0.25) is 0 Å². The molecule has 0 spiro atoms. The number of nitrogens with one attached hydrogen (secondary N) is 1. The molecule has 0 saturated carbocycles. The third-order valence-electron chi connectivity index (χ3n) is 3.13. The smallest absolute Gasteiger partial charge is 0.226 e. The Kier molecular flexibility index (Phi) is 5.66. The van der Waals surface area contributed by atoms with Crippen LogP contribution in [0, 0.1) is 5.82 Å². The maximum Gasteiger partial charge on any atom is 0.226 e. The molecule has 118 valence electrons.